The van der Waals surface area contributed by atoms with Gasteiger partial charge in [0.2, 0.25) is 0 Å². The van der Waals surface area contributed by atoms with E-state index >= 15 is 0 Å². The summed E-state index contributed by atoms with van der Waals surface area (Å²) in [5.74, 6) is -1.21. The number of phenolic OH excluding ortho intramolecular Hbond substituents is 2. The molecule has 4 aromatic carbocycles. The molecule has 0 amide bonds. The fourth-order valence-electron chi connectivity index (χ4n) is 7.28. The number of carboxylic acids is 2. The Balaban J connectivity index is 1.97. The number of hydrogen-bond donors (Lipinski definition) is 4. The molecule has 1 aliphatic rings. The highest BCUT2D eigenvalue weighted by atomic mass is 16.5. The van der Waals surface area contributed by atoms with Gasteiger partial charge in [0.05, 0.1) is 0 Å². The van der Waals surface area contributed by atoms with Crippen LogP contribution in [0.25, 0.3) is 0 Å². The number of aliphatic carboxylic acids is 2. The quantitative estimate of drug-likeness (QED) is 0.134. The Hall–Kier alpha value is -4.98. The molecule has 8 heteroatoms. The van der Waals surface area contributed by atoms with Crippen molar-refractivity contribution in [2.45, 2.75) is 130 Å². The molecule has 0 heterocycles. The van der Waals surface area contributed by atoms with Gasteiger partial charge in [-0.1, -0.05) is 132 Å². The number of fused-ring (bicyclic) bond motifs is 8. The third kappa shape index (κ3) is 9.51. The highest BCUT2D eigenvalue weighted by molar-refractivity contribution is 5.70. The standard InChI is InChI=1S/C48H60O8/c1-45(2,3)35-17-27-13-28-18-36(46(4,5)6)20-30(42(28)54)15-32-22-38(48(10,11)12)24-34(44(32)56-26-40(51)52)16-33-23-37(47(7,8)9)21-31(14-29(19-35)41(27)53)43(33)55-25-39(49)50/h17-24,53-54H,13-16,25-26H2,1-12H3,(H,49,50)(H,51,52). The van der Waals surface area contributed by atoms with Crippen LogP contribution in [0.3, 0.4) is 0 Å². The molecule has 0 spiro atoms. The highest BCUT2D eigenvalue weighted by Gasteiger charge is 2.29. The predicted molar refractivity (Wildman–Crippen MR) is 221 cm³/mol. The van der Waals surface area contributed by atoms with Crippen LogP contribution in [-0.4, -0.2) is 45.6 Å². The van der Waals surface area contributed by atoms with Gasteiger partial charge in [-0.05, 0) is 88.4 Å². The van der Waals surface area contributed by atoms with E-state index in [4.69, 9.17) is 9.47 Å². The van der Waals surface area contributed by atoms with Crippen molar-refractivity contribution in [3.63, 3.8) is 0 Å². The van der Waals surface area contributed by atoms with Gasteiger partial charge in [0.1, 0.15) is 23.0 Å². The first-order valence-corrected chi connectivity index (χ1v) is 19.4. The SMILES string of the molecule is CC(C)(C)c1cc2c(O)c(c1)Cc1cc(C(C)(C)C)cc(c1OCC(=O)O)Cc1cc(C(C)(C)C)cc(c1OCC(=O)O)Cc1cc(C(C)(C)C)cc(c1O)C2. The van der Waals surface area contributed by atoms with Crippen molar-refractivity contribution in [3.05, 3.63) is 115 Å². The lowest BCUT2D eigenvalue weighted by atomic mass is 9.79. The number of aromatic hydroxyl groups is 2. The lowest BCUT2D eigenvalue weighted by molar-refractivity contribution is -0.140. The fourth-order valence-corrected chi connectivity index (χ4v) is 7.28. The molecular formula is C48H60O8. The summed E-state index contributed by atoms with van der Waals surface area (Å²) in [5, 5.41) is 44.0. The molecule has 4 aromatic rings. The summed E-state index contributed by atoms with van der Waals surface area (Å²) in [6, 6.07) is 16.2. The van der Waals surface area contributed by atoms with Crippen molar-refractivity contribution in [1.82, 2.24) is 0 Å². The number of ether oxygens (including phenoxy) is 2. The Morgan fingerprint density at radius 1 is 0.429 bits per heavy atom. The molecule has 0 radical (unpaired) electrons. The Bertz CT molecular complexity index is 2010. The smallest absolute Gasteiger partial charge is 0.341 e. The van der Waals surface area contributed by atoms with Crippen molar-refractivity contribution < 1.29 is 39.5 Å². The van der Waals surface area contributed by atoms with Crippen LogP contribution < -0.4 is 9.47 Å². The largest absolute Gasteiger partial charge is 0.507 e. The number of carbonyl (C=O) groups is 2. The van der Waals surface area contributed by atoms with E-state index in [1.54, 1.807) is 0 Å². The maximum Gasteiger partial charge on any atom is 0.341 e. The van der Waals surface area contributed by atoms with Crippen molar-refractivity contribution in [3.8, 4) is 23.0 Å². The molecule has 1 aliphatic carbocycles. The molecule has 0 saturated heterocycles. The summed E-state index contributed by atoms with van der Waals surface area (Å²) in [7, 11) is 0. The van der Waals surface area contributed by atoms with Crippen molar-refractivity contribution >= 4 is 11.9 Å². The van der Waals surface area contributed by atoms with E-state index in [9.17, 15) is 30.0 Å². The van der Waals surface area contributed by atoms with Gasteiger partial charge in [-0.15, -0.1) is 0 Å². The van der Waals surface area contributed by atoms with Crippen LogP contribution in [0.4, 0.5) is 0 Å². The summed E-state index contributed by atoms with van der Waals surface area (Å²) in [5.41, 5.74) is 8.32. The molecule has 8 nitrogen and oxygen atoms in total. The summed E-state index contributed by atoms with van der Waals surface area (Å²) in [6.45, 7) is 24.3. The minimum atomic E-state index is -1.12. The molecule has 4 N–H and O–H groups in total. The molecule has 0 aromatic heterocycles. The average Bonchev–Trinajstić information content (AvgIpc) is 3.04. The Morgan fingerprint density at radius 3 is 0.839 bits per heavy atom. The number of phenols is 2. The maximum absolute atomic E-state index is 12.1. The molecule has 5 rings (SSSR count). The topological polar surface area (TPSA) is 134 Å². The normalized spacial score (nSPS) is 13.6. The van der Waals surface area contributed by atoms with E-state index in [0.29, 0.717) is 56.0 Å². The summed E-state index contributed by atoms with van der Waals surface area (Å²) in [6.07, 6.45) is 0.958. The number of rotatable bonds is 6. The molecule has 300 valence electrons. The number of benzene rings is 4. The summed E-state index contributed by atoms with van der Waals surface area (Å²) in [4.78, 5) is 24.1. The summed E-state index contributed by atoms with van der Waals surface area (Å²) >= 11 is 0. The zero-order valence-electron chi connectivity index (χ0n) is 35.3. The first kappa shape index (κ1) is 42.2. The van der Waals surface area contributed by atoms with Crippen LogP contribution in [0.1, 0.15) is 150 Å². The van der Waals surface area contributed by atoms with Crippen LogP contribution in [0, 0.1) is 0 Å². The average molecular weight is 765 g/mol. The van der Waals surface area contributed by atoms with Crippen LogP contribution in [0.2, 0.25) is 0 Å². The zero-order valence-corrected chi connectivity index (χ0v) is 35.3. The van der Waals surface area contributed by atoms with Crippen molar-refractivity contribution in [2.24, 2.45) is 0 Å². The van der Waals surface area contributed by atoms with Crippen molar-refractivity contribution in [1.29, 1.82) is 0 Å². The summed E-state index contributed by atoms with van der Waals surface area (Å²) < 4.78 is 12.4. The van der Waals surface area contributed by atoms with Gasteiger partial charge in [-0.25, -0.2) is 9.59 Å². The molecule has 0 unspecified atom stereocenters. The van der Waals surface area contributed by atoms with Crippen LogP contribution in [0.5, 0.6) is 23.0 Å². The molecule has 0 aliphatic heterocycles. The molecule has 0 atom stereocenters. The Kier molecular flexibility index (Phi) is 11.4. The van der Waals surface area contributed by atoms with E-state index < -0.39 is 25.2 Å². The molecule has 0 saturated carbocycles. The molecule has 0 fully saturated rings. The Labute approximate surface area is 332 Å². The second-order valence-electron chi connectivity index (χ2n) is 19.6. The van der Waals surface area contributed by atoms with Gasteiger partial charge >= 0.3 is 11.9 Å². The van der Waals surface area contributed by atoms with Crippen LogP contribution in [-0.2, 0) is 56.9 Å². The third-order valence-electron chi connectivity index (χ3n) is 10.7. The van der Waals surface area contributed by atoms with Crippen LogP contribution in [0.15, 0.2) is 48.5 Å². The number of hydrogen-bond acceptors (Lipinski definition) is 6. The van der Waals surface area contributed by atoms with E-state index in [1.165, 1.54) is 0 Å². The minimum Gasteiger partial charge on any atom is -0.507 e. The zero-order chi connectivity index (χ0) is 41.7. The van der Waals surface area contributed by atoms with Crippen molar-refractivity contribution in [2.75, 3.05) is 13.2 Å². The first-order valence-electron chi connectivity index (χ1n) is 19.4. The van der Waals surface area contributed by atoms with Crippen LogP contribution >= 0.6 is 0 Å². The van der Waals surface area contributed by atoms with Gasteiger partial charge < -0.3 is 29.9 Å². The van der Waals surface area contributed by atoms with Gasteiger partial charge in [-0.2, -0.15) is 0 Å². The van der Waals surface area contributed by atoms with Gasteiger partial charge in [0.25, 0.3) is 0 Å². The Morgan fingerprint density at radius 2 is 0.625 bits per heavy atom. The second kappa shape index (κ2) is 15.2. The first-order chi connectivity index (χ1) is 25.7. The van der Waals surface area contributed by atoms with Gasteiger partial charge in [-0.3, -0.25) is 0 Å². The highest BCUT2D eigenvalue weighted by Crippen LogP contribution is 2.43. The molecular weight excluding hydrogens is 705 g/mol. The van der Waals surface area contributed by atoms with E-state index in [-0.39, 0.29) is 58.8 Å². The fraction of sp³-hybridized carbons (Fsp3) is 0.458. The number of carboxylic acid groups (broad SMARTS) is 2. The maximum atomic E-state index is 12.1. The second-order valence-corrected chi connectivity index (χ2v) is 19.6. The van der Waals surface area contributed by atoms with E-state index in [1.807, 2.05) is 48.5 Å². The lowest BCUT2D eigenvalue weighted by Gasteiger charge is -2.28. The molecule has 8 bridgehead atoms. The van der Waals surface area contributed by atoms with E-state index in [2.05, 4.69) is 83.1 Å². The third-order valence-corrected chi connectivity index (χ3v) is 10.7. The molecule has 56 heavy (non-hydrogen) atoms. The van der Waals surface area contributed by atoms with E-state index in [0.717, 1.165) is 22.3 Å². The van der Waals surface area contributed by atoms with Gasteiger partial charge in [0, 0.05) is 25.7 Å². The lowest BCUT2D eigenvalue weighted by Crippen LogP contribution is -2.18. The van der Waals surface area contributed by atoms with Gasteiger partial charge in [0.15, 0.2) is 13.2 Å². The monoisotopic (exact) mass is 764 g/mol. The minimum absolute atomic E-state index is 0.114. The predicted octanol–water partition coefficient (Wildman–Crippen LogP) is 9.89.